The zero-order valence-electron chi connectivity index (χ0n) is 11.6. The molecule has 3 heteroatoms. The Kier molecular flexibility index (Phi) is 4.97. The van der Waals surface area contributed by atoms with Crippen LogP contribution in [0.5, 0.6) is 0 Å². The van der Waals surface area contributed by atoms with Crippen molar-refractivity contribution < 1.29 is 4.79 Å². The predicted molar refractivity (Wildman–Crippen MR) is 77.5 cm³/mol. The Labute approximate surface area is 115 Å². The summed E-state index contributed by atoms with van der Waals surface area (Å²) in [6, 6.07) is 9.90. The summed E-state index contributed by atoms with van der Waals surface area (Å²) >= 11 is 0. The summed E-state index contributed by atoms with van der Waals surface area (Å²) in [5.74, 6) is 1.11. The molecule has 3 nitrogen and oxygen atoms in total. The number of amides is 1. The van der Waals surface area contributed by atoms with Crippen LogP contribution < -0.4 is 11.1 Å². The lowest BCUT2D eigenvalue weighted by Gasteiger charge is -2.27. The molecule has 104 valence electrons. The SMILES string of the molecule is CC1CCC(C(=O)NC(CN)c2ccccc2)CC1. The first-order valence-corrected chi connectivity index (χ1v) is 7.26. The molecule has 0 spiro atoms. The second-order valence-corrected chi connectivity index (χ2v) is 5.66. The average Bonchev–Trinajstić information content (AvgIpc) is 2.46. The standard InChI is InChI=1S/C16H24N2O/c1-12-7-9-14(10-8-12)16(19)18-15(11-17)13-5-3-2-4-6-13/h2-6,12,14-15H,7-11,17H2,1H3,(H,18,19). The van der Waals surface area contributed by atoms with Gasteiger partial charge in [0.1, 0.15) is 0 Å². The molecule has 0 heterocycles. The summed E-state index contributed by atoms with van der Waals surface area (Å²) in [4.78, 5) is 12.3. The monoisotopic (exact) mass is 260 g/mol. The molecule has 1 aliphatic rings. The zero-order valence-corrected chi connectivity index (χ0v) is 11.6. The third kappa shape index (κ3) is 3.80. The molecule has 1 aromatic rings. The largest absolute Gasteiger partial charge is 0.348 e. The van der Waals surface area contributed by atoms with Gasteiger partial charge in [0, 0.05) is 12.5 Å². The summed E-state index contributed by atoms with van der Waals surface area (Å²) in [6.07, 6.45) is 4.35. The lowest BCUT2D eigenvalue weighted by Crippen LogP contribution is -2.38. The molecule has 1 fully saturated rings. The predicted octanol–water partition coefficient (Wildman–Crippen LogP) is 2.63. The Bertz CT molecular complexity index is 396. The summed E-state index contributed by atoms with van der Waals surface area (Å²) in [7, 11) is 0. The van der Waals surface area contributed by atoms with Crippen molar-refractivity contribution in [3.8, 4) is 0 Å². The molecule has 0 radical (unpaired) electrons. The van der Waals surface area contributed by atoms with E-state index in [1.54, 1.807) is 0 Å². The molecule has 3 N–H and O–H groups in total. The van der Waals surface area contributed by atoms with Crippen LogP contribution in [0, 0.1) is 11.8 Å². The minimum Gasteiger partial charge on any atom is -0.348 e. The maximum Gasteiger partial charge on any atom is 0.223 e. The van der Waals surface area contributed by atoms with E-state index in [1.165, 1.54) is 0 Å². The number of hydrogen-bond donors (Lipinski definition) is 2. The lowest BCUT2D eigenvalue weighted by molar-refractivity contribution is -0.126. The summed E-state index contributed by atoms with van der Waals surface area (Å²) in [5, 5.41) is 3.10. The highest BCUT2D eigenvalue weighted by Crippen LogP contribution is 2.28. The number of nitrogens with two attached hydrogens (primary N) is 1. The second kappa shape index (κ2) is 6.71. The van der Waals surface area contributed by atoms with Gasteiger partial charge in [-0.2, -0.15) is 0 Å². The zero-order chi connectivity index (χ0) is 13.7. The Morgan fingerprint density at radius 1 is 1.26 bits per heavy atom. The van der Waals surface area contributed by atoms with Crippen molar-refractivity contribution in [2.24, 2.45) is 17.6 Å². The quantitative estimate of drug-likeness (QED) is 0.874. The van der Waals surface area contributed by atoms with E-state index in [9.17, 15) is 4.79 Å². The highest BCUT2D eigenvalue weighted by molar-refractivity contribution is 5.79. The molecule has 1 aromatic carbocycles. The van der Waals surface area contributed by atoms with Crippen LogP contribution in [0.4, 0.5) is 0 Å². The smallest absolute Gasteiger partial charge is 0.223 e. The molecule has 0 bridgehead atoms. The molecular weight excluding hydrogens is 236 g/mol. The first-order chi connectivity index (χ1) is 9.20. The van der Waals surface area contributed by atoms with Crippen LogP contribution >= 0.6 is 0 Å². The van der Waals surface area contributed by atoms with Crippen LogP contribution in [0.25, 0.3) is 0 Å². The van der Waals surface area contributed by atoms with Crippen LogP contribution in [0.1, 0.15) is 44.2 Å². The molecule has 0 saturated heterocycles. The highest BCUT2D eigenvalue weighted by atomic mass is 16.1. The fourth-order valence-corrected chi connectivity index (χ4v) is 2.78. The maximum atomic E-state index is 12.3. The van der Waals surface area contributed by atoms with E-state index in [2.05, 4.69) is 12.2 Å². The lowest BCUT2D eigenvalue weighted by atomic mass is 9.82. The second-order valence-electron chi connectivity index (χ2n) is 5.66. The minimum atomic E-state index is -0.0620. The summed E-state index contributed by atoms with van der Waals surface area (Å²) in [6.45, 7) is 2.71. The summed E-state index contributed by atoms with van der Waals surface area (Å²) < 4.78 is 0. The Balaban J connectivity index is 1.93. The van der Waals surface area contributed by atoms with Gasteiger partial charge in [0.2, 0.25) is 5.91 Å². The van der Waals surface area contributed by atoms with Gasteiger partial charge < -0.3 is 11.1 Å². The van der Waals surface area contributed by atoms with Gasteiger partial charge in [0.05, 0.1) is 6.04 Å². The van der Waals surface area contributed by atoms with E-state index < -0.39 is 0 Å². The first-order valence-electron chi connectivity index (χ1n) is 7.26. The number of hydrogen-bond acceptors (Lipinski definition) is 2. The average molecular weight is 260 g/mol. The van der Waals surface area contributed by atoms with Crippen LogP contribution in [-0.2, 0) is 4.79 Å². The van der Waals surface area contributed by atoms with Crippen molar-refractivity contribution in [3.05, 3.63) is 35.9 Å². The Morgan fingerprint density at radius 3 is 2.47 bits per heavy atom. The Morgan fingerprint density at radius 2 is 1.89 bits per heavy atom. The number of rotatable bonds is 4. The molecule has 2 rings (SSSR count). The molecule has 1 aliphatic carbocycles. The van der Waals surface area contributed by atoms with Crippen molar-refractivity contribution >= 4 is 5.91 Å². The van der Waals surface area contributed by atoms with Crippen LogP contribution in [0.15, 0.2) is 30.3 Å². The molecule has 1 unspecified atom stereocenters. The molecule has 0 aliphatic heterocycles. The fraction of sp³-hybridized carbons (Fsp3) is 0.562. The van der Waals surface area contributed by atoms with Crippen molar-refractivity contribution in [1.29, 1.82) is 0 Å². The van der Waals surface area contributed by atoms with Gasteiger partial charge in [-0.25, -0.2) is 0 Å². The molecule has 0 aromatic heterocycles. The van der Waals surface area contributed by atoms with E-state index >= 15 is 0 Å². The third-order valence-corrected chi connectivity index (χ3v) is 4.14. The van der Waals surface area contributed by atoms with Gasteiger partial charge in [0.15, 0.2) is 0 Å². The molecule has 19 heavy (non-hydrogen) atoms. The van der Waals surface area contributed by atoms with Crippen LogP contribution in [-0.4, -0.2) is 12.5 Å². The number of carbonyl (C=O) groups excluding carboxylic acids is 1. The first kappa shape index (κ1) is 14.1. The van der Waals surface area contributed by atoms with Gasteiger partial charge in [-0.3, -0.25) is 4.79 Å². The van der Waals surface area contributed by atoms with Crippen molar-refractivity contribution in [2.75, 3.05) is 6.54 Å². The molecular formula is C16H24N2O. The van der Waals surface area contributed by atoms with Gasteiger partial charge in [0.25, 0.3) is 0 Å². The number of benzene rings is 1. The van der Waals surface area contributed by atoms with Crippen LogP contribution in [0.2, 0.25) is 0 Å². The van der Waals surface area contributed by atoms with E-state index in [4.69, 9.17) is 5.73 Å². The number of nitrogens with one attached hydrogen (secondary N) is 1. The molecule has 1 amide bonds. The van der Waals surface area contributed by atoms with E-state index in [1.807, 2.05) is 30.3 Å². The van der Waals surface area contributed by atoms with E-state index in [0.29, 0.717) is 6.54 Å². The fourth-order valence-electron chi connectivity index (χ4n) is 2.78. The van der Waals surface area contributed by atoms with Crippen molar-refractivity contribution in [1.82, 2.24) is 5.32 Å². The minimum absolute atomic E-state index is 0.0620. The topological polar surface area (TPSA) is 55.1 Å². The van der Waals surface area contributed by atoms with Crippen molar-refractivity contribution in [3.63, 3.8) is 0 Å². The number of carbonyl (C=O) groups is 1. The van der Waals surface area contributed by atoms with E-state index in [0.717, 1.165) is 37.2 Å². The maximum absolute atomic E-state index is 12.3. The van der Waals surface area contributed by atoms with Gasteiger partial charge >= 0.3 is 0 Å². The normalized spacial score (nSPS) is 24.7. The van der Waals surface area contributed by atoms with Gasteiger partial charge in [-0.05, 0) is 37.2 Å². The van der Waals surface area contributed by atoms with Gasteiger partial charge in [-0.15, -0.1) is 0 Å². The van der Waals surface area contributed by atoms with Gasteiger partial charge in [-0.1, -0.05) is 37.3 Å². The molecule has 1 atom stereocenters. The van der Waals surface area contributed by atoms with Crippen LogP contribution in [0.3, 0.4) is 0 Å². The summed E-state index contributed by atoms with van der Waals surface area (Å²) in [5.41, 5.74) is 6.88. The highest BCUT2D eigenvalue weighted by Gasteiger charge is 2.25. The van der Waals surface area contributed by atoms with Crippen molar-refractivity contribution in [2.45, 2.75) is 38.6 Å². The molecule has 1 saturated carbocycles. The van der Waals surface area contributed by atoms with E-state index in [-0.39, 0.29) is 17.9 Å². The Hall–Kier alpha value is -1.35. The third-order valence-electron chi connectivity index (χ3n) is 4.14.